The summed E-state index contributed by atoms with van der Waals surface area (Å²) in [4.78, 5) is 13.7. The summed E-state index contributed by atoms with van der Waals surface area (Å²) < 4.78 is 2.13. The second-order valence-electron chi connectivity index (χ2n) is 5.16. The number of nitrogens with zero attached hydrogens (tertiary/aromatic N) is 4. The van der Waals surface area contributed by atoms with Gasteiger partial charge in [-0.3, -0.25) is 4.57 Å². The van der Waals surface area contributed by atoms with E-state index in [1.807, 2.05) is 13.8 Å². The first-order valence-electron chi connectivity index (χ1n) is 7.25. The molecule has 0 N–H and O–H groups in total. The lowest BCUT2D eigenvalue weighted by Gasteiger charge is -2.08. The number of imidazole rings is 1. The lowest BCUT2D eigenvalue weighted by atomic mass is 10.1. The Labute approximate surface area is 124 Å². The summed E-state index contributed by atoms with van der Waals surface area (Å²) in [5.41, 5.74) is 5.02. The molecule has 0 saturated heterocycles. The van der Waals surface area contributed by atoms with Crippen LogP contribution in [0, 0.1) is 20.8 Å². The Bertz CT molecular complexity index is 785. The van der Waals surface area contributed by atoms with Crippen LogP contribution < -0.4 is 0 Å². The van der Waals surface area contributed by atoms with Crippen molar-refractivity contribution in [1.29, 1.82) is 0 Å². The highest BCUT2D eigenvalue weighted by Gasteiger charge is 2.15. The summed E-state index contributed by atoms with van der Waals surface area (Å²) in [6.07, 6.45) is 1.65. The molecule has 0 spiro atoms. The van der Waals surface area contributed by atoms with Gasteiger partial charge in [0.15, 0.2) is 5.65 Å². The van der Waals surface area contributed by atoms with Gasteiger partial charge in [0.2, 0.25) is 0 Å². The third-order valence-corrected chi connectivity index (χ3v) is 3.66. The largest absolute Gasteiger partial charge is 0.281 e. The minimum Gasteiger partial charge on any atom is -0.281 e. The topological polar surface area (TPSA) is 43.6 Å². The zero-order valence-corrected chi connectivity index (χ0v) is 12.7. The fourth-order valence-corrected chi connectivity index (χ4v) is 2.60. The summed E-state index contributed by atoms with van der Waals surface area (Å²) in [6, 6.07) is 8.42. The fraction of sp³-hybridized carbons (Fsp3) is 0.294. The Morgan fingerprint density at radius 1 is 1.05 bits per heavy atom. The third-order valence-electron chi connectivity index (χ3n) is 3.66. The predicted octanol–water partition coefficient (Wildman–Crippen LogP) is 3.37. The molecule has 4 heteroatoms. The molecule has 2 aromatic heterocycles. The third kappa shape index (κ3) is 2.31. The van der Waals surface area contributed by atoms with Crippen LogP contribution in [0.4, 0.5) is 0 Å². The van der Waals surface area contributed by atoms with Crippen molar-refractivity contribution in [2.45, 2.75) is 33.6 Å². The van der Waals surface area contributed by atoms with E-state index in [1.54, 1.807) is 0 Å². The maximum Gasteiger partial charge on any atom is 0.168 e. The van der Waals surface area contributed by atoms with E-state index < -0.39 is 0 Å². The molecule has 21 heavy (non-hydrogen) atoms. The number of fused-ring (bicyclic) bond motifs is 1. The van der Waals surface area contributed by atoms with Crippen LogP contribution in [0.15, 0.2) is 24.3 Å². The molecule has 0 aliphatic carbocycles. The van der Waals surface area contributed by atoms with Gasteiger partial charge in [0.05, 0.1) is 5.69 Å². The number of aryl methyl sites for hydroxylation is 3. The van der Waals surface area contributed by atoms with Crippen LogP contribution in [0.25, 0.3) is 16.9 Å². The number of hydrogen-bond donors (Lipinski definition) is 0. The van der Waals surface area contributed by atoms with Crippen LogP contribution in [0.5, 0.6) is 0 Å². The Kier molecular flexibility index (Phi) is 3.45. The lowest BCUT2D eigenvalue weighted by Crippen LogP contribution is -2.02. The van der Waals surface area contributed by atoms with Crippen LogP contribution >= 0.6 is 0 Å². The monoisotopic (exact) mass is 279 g/mol. The molecule has 0 atom stereocenters. The molecule has 0 saturated carbocycles. The van der Waals surface area contributed by atoms with Crippen LogP contribution in [-0.4, -0.2) is 19.5 Å². The van der Waals surface area contributed by atoms with E-state index in [2.05, 4.69) is 52.6 Å². The smallest absolute Gasteiger partial charge is 0.168 e. The number of benzene rings is 1. The molecule has 4 nitrogen and oxygen atoms in total. The van der Waals surface area contributed by atoms with Crippen LogP contribution in [-0.2, 0) is 12.8 Å². The van der Waals surface area contributed by atoms with Gasteiger partial charge in [0.25, 0.3) is 0 Å². The zero-order valence-electron chi connectivity index (χ0n) is 12.7. The molecule has 0 bridgehead atoms. The summed E-state index contributed by atoms with van der Waals surface area (Å²) in [5.74, 6) is 1.79. The van der Waals surface area contributed by atoms with E-state index in [-0.39, 0.29) is 0 Å². The minimum atomic E-state index is 0.776. The molecule has 1 radical (unpaired) electrons. The van der Waals surface area contributed by atoms with E-state index in [0.29, 0.717) is 0 Å². The van der Waals surface area contributed by atoms with Crippen molar-refractivity contribution >= 4 is 11.2 Å². The molecule has 0 aliphatic heterocycles. The van der Waals surface area contributed by atoms with Gasteiger partial charge in [0.1, 0.15) is 17.2 Å². The highest BCUT2D eigenvalue weighted by atomic mass is 15.2. The van der Waals surface area contributed by atoms with Crippen LogP contribution in [0.1, 0.15) is 29.8 Å². The average molecular weight is 279 g/mol. The Morgan fingerprint density at radius 2 is 1.76 bits per heavy atom. The van der Waals surface area contributed by atoms with Crippen molar-refractivity contribution in [3.8, 4) is 5.69 Å². The van der Waals surface area contributed by atoms with Crippen molar-refractivity contribution in [2.24, 2.45) is 0 Å². The molecule has 107 valence electrons. The molecule has 0 fully saturated rings. The molecule has 0 unspecified atom stereocenters. The van der Waals surface area contributed by atoms with Crippen molar-refractivity contribution in [1.82, 2.24) is 19.5 Å². The van der Waals surface area contributed by atoms with Gasteiger partial charge >= 0.3 is 0 Å². The second kappa shape index (κ2) is 5.28. The van der Waals surface area contributed by atoms with Crippen molar-refractivity contribution in [3.05, 3.63) is 54.1 Å². The van der Waals surface area contributed by atoms with E-state index >= 15 is 0 Å². The van der Waals surface area contributed by atoms with E-state index in [9.17, 15) is 0 Å². The first kappa shape index (κ1) is 13.7. The van der Waals surface area contributed by atoms with E-state index in [0.717, 1.165) is 47.0 Å². The van der Waals surface area contributed by atoms with Gasteiger partial charge in [-0.2, -0.15) is 0 Å². The molecule has 3 aromatic rings. The van der Waals surface area contributed by atoms with Crippen molar-refractivity contribution < 1.29 is 0 Å². The van der Waals surface area contributed by atoms with Crippen LogP contribution in [0.3, 0.4) is 0 Å². The highest BCUT2D eigenvalue weighted by molar-refractivity contribution is 5.76. The highest BCUT2D eigenvalue weighted by Crippen LogP contribution is 2.22. The molecule has 2 heterocycles. The zero-order chi connectivity index (χ0) is 15.0. The number of aromatic nitrogens is 4. The lowest BCUT2D eigenvalue weighted by molar-refractivity contribution is 0.898. The standard InChI is InChI=1S/C17H19N4/c1-5-13-7-9-14(10-8-13)21-15(6-2)20-16-11(3)18-12(4)19-17(16)21/h7-10H,1,5-6H2,2-4H3. The average Bonchev–Trinajstić information content (AvgIpc) is 2.86. The normalized spacial score (nSPS) is 11.2. The first-order valence-corrected chi connectivity index (χ1v) is 7.25. The van der Waals surface area contributed by atoms with E-state index in [4.69, 9.17) is 4.98 Å². The fourth-order valence-electron chi connectivity index (χ4n) is 2.60. The molecule has 3 rings (SSSR count). The SMILES string of the molecule is [CH2]Cc1ccc(-n2c(CC)nc3c(C)nc(C)nc32)cc1. The number of hydrogen-bond acceptors (Lipinski definition) is 3. The van der Waals surface area contributed by atoms with Gasteiger partial charge in [0, 0.05) is 12.1 Å². The van der Waals surface area contributed by atoms with Crippen LogP contribution in [0.2, 0.25) is 0 Å². The first-order chi connectivity index (χ1) is 10.1. The maximum absolute atomic E-state index is 4.72. The second-order valence-corrected chi connectivity index (χ2v) is 5.16. The summed E-state index contributed by atoms with van der Waals surface area (Å²) in [7, 11) is 0. The number of rotatable bonds is 3. The molecular formula is C17H19N4. The minimum absolute atomic E-state index is 0.776. The Morgan fingerprint density at radius 3 is 2.38 bits per heavy atom. The quantitative estimate of drug-likeness (QED) is 0.738. The summed E-state index contributed by atoms with van der Waals surface area (Å²) in [5, 5.41) is 0. The molecular weight excluding hydrogens is 260 g/mol. The summed E-state index contributed by atoms with van der Waals surface area (Å²) in [6.45, 7) is 9.93. The maximum atomic E-state index is 4.72. The van der Waals surface area contributed by atoms with Gasteiger partial charge in [-0.05, 0) is 44.9 Å². The van der Waals surface area contributed by atoms with Gasteiger partial charge in [-0.25, -0.2) is 15.0 Å². The van der Waals surface area contributed by atoms with Gasteiger partial charge in [-0.15, -0.1) is 0 Å². The van der Waals surface area contributed by atoms with Crippen molar-refractivity contribution in [3.63, 3.8) is 0 Å². The van der Waals surface area contributed by atoms with Gasteiger partial charge < -0.3 is 0 Å². The van der Waals surface area contributed by atoms with Crippen molar-refractivity contribution in [2.75, 3.05) is 0 Å². The van der Waals surface area contributed by atoms with E-state index in [1.165, 1.54) is 5.56 Å². The van der Waals surface area contributed by atoms with Gasteiger partial charge in [-0.1, -0.05) is 19.1 Å². The Balaban J connectivity index is 2.28. The summed E-state index contributed by atoms with van der Waals surface area (Å²) >= 11 is 0. The Hall–Kier alpha value is -2.23. The molecule has 0 aliphatic rings. The predicted molar refractivity (Wildman–Crippen MR) is 84.6 cm³/mol. The molecule has 1 aromatic carbocycles. The molecule has 0 amide bonds.